The van der Waals surface area contributed by atoms with Crippen molar-refractivity contribution < 1.29 is 17.9 Å². The molecular formula is C23H30N2O4S. The van der Waals surface area contributed by atoms with Crippen LogP contribution in [0.4, 0.5) is 5.69 Å². The number of sulfonamides is 1. The highest BCUT2D eigenvalue weighted by atomic mass is 32.2. The molecule has 2 aromatic carbocycles. The lowest BCUT2D eigenvalue weighted by Crippen LogP contribution is -2.39. The quantitative estimate of drug-likeness (QED) is 0.734. The SMILES string of the molecule is COc1ccc(NS(=O)(=O)c2cc(C(=O)N(C)C3CCC(C)CC3)ccc2C)cc1. The summed E-state index contributed by atoms with van der Waals surface area (Å²) in [6.45, 7) is 3.97. The second-order valence-electron chi connectivity index (χ2n) is 8.14. The van der Waals surface area contributed by atoms with Crippen LogP contribution in [-0.4, -0.2) is 39.4 Å². The Hall–Kier alpha value is -2.54. The van der Waals surface area contributed by atoms with Gasteiger partial charge < -0.3 is 9.64 Å². The van der Waals surface area contributed by atoms with Crippen LogP contribution in [0.25, 0.3) is 0 Å². The molecule has 0 aromatic heterocycles. The topological polar surface area (TPSA) is 75.7 Å². The highest BCUT2D eigenvalue weighted by Gasteiger charge is 2.27. The average Bonchev–Trinajstić information content (AvgIpc) is 2.74. The van der Waals surface area contributed by atoms with Crippen molar-refractivity contribution in [3.05, 3.63) is 53.6 Å². The van der Waals surface area contributed by atoms with Crippen LogP contribution in [0.3, 0.4) is 0 Å². The van der Waals surface area contributed by atoms with Gasteiger partial charge in [-0.25, -0.2) is 8.42 Å². The molecule has 0 heterocycles. The normalized spacial score (nSPS) is 19.2. The van der Waals surface area contributed by atoms with Gasteiger partial charge in [0.2, 0.25) is 0 Å². The summed E-state index contributed by atoms with van der Waals surface area (Å²) in [5.74, 6) is 1.20. The van der Waals surface area contributed by atoms with Crippen molar-refractivity contribution in [2.45, 2.75) is 50.5 Å². The number of nitrogens with one attached hydrogen (secondary N) is 1. The summed E-state index contributed by atoms with van der Waals surface area (Å²) in [7, 11) is -0.475. The van der Waals surface area contributed by atoms with E-state index in [-0.39, 0.29) is 16.8 Å². The molecule has 7 heteroatoms. The van der Waals surface area contributed by atoms with Crippen LogP contribution in [0, 0.1) is 12.8 Å². The number of methoxy groups -OCH3 is 1. The van der Waals surface area contributed by atoms with E-state index >= 15 is 0 Å². The fraction of sp³-hybridized carbons (Fsp3) is 0.435. The van der Waals surface area contributed by atoms with Crippen molar-refractivity contribution in [3.8, 4) is 5.75 Å². The molecule has 0 spiro atoms. The van der Waals surface area contributed by atoms with Crippen LogP contribution in [0.5, 0.6) is 5.75 Å². The third kappa shape index (κ3) is 4.95. The fourth-order valence-electron chi connectivity index (χ4n) is 3.89. The van der Waals surface area contributed by atoms with Gasteiger partial charge in [0.05, 0.1) is 12.0 Å². The number of aryl methyl sites for hydroxylation is 1. The predicted octanol–water partition coefficient (Wildman–Crippen LogP) is 4.46. The molecule has 30 heavy (non-hydrogen) atoms. The van der Waals surface area contributed by atoms with Crippen LogP contribution >= 0.6 is 0 Å². The summed E-state index contributed by atoms with van der Waals surface area (Å²) in [5.41, 5.74) is 1.40. The second kappa shape index (κ2) is 9.08. The fourth-order valence-corrected chi connectivity index (χ4v) is 5.22. The van der Waals surface area contributed by atoms with E-state index in [1.54, 1.807) is 55.3 Å². The van der Waals surface area contributed by atoms with Crippen molar-refractivity contribution in [2.75, 3.05) is 18.9 Å². The van der Waals surface area contributed by atoms with Crippen LogP contribution < -0.4 is 9.46 Å². The Morgan fingerprint density at radius 3 is 2.30 bits per heavy atom. The molecule has 162 valence electrons. The zero-order valence-corrected chi connectivity index (χ0v) is 18.8. The van der Waals surface area contributed by atoms with E-state index in [4.69, 9.17) is 4.74 Å². The van der Waals surface area contributed by atoms with E-state index in [0.717, 1.165) is 25.7 Å². The average molecular weight is 431 g/mol. The zero-order valence-electron chi connectivity index (χ0n) is 18.0. The van der Waals surface area contributed by atoms with Crippen molar-refractivity contribution >= 4 is 21.6 Å². The summed E-state index contributed by atoms with van der Waals surface area (Å²) in [5, 5.41) is 0. The standard InChI is InChI=1S/C23H30N2O4S/c1-16-5-11-20(12-6-16)25(3)23(26)18-8-7-17(2)22(15-18)30(27,28)24-19-9-13-21(29-4)14-10-19/h7-10,13-16,20,24H,5-6,11-12H2,1-4H3. The van der Waals surface area contributed by atoms with Crippen molar-refractivity contribution in [1.29, 1.82) is 0 Å². The van der Waals surface area contributed by atoms with Gasteiger partial charge in [0.15, 0.2) is 0 Å². The third-order valence-corrected chi connectivity index (χ3v) is 7.44. The van der Waals surface area contributed by atoms with Crippen LogP contribution in [0.2, 0.25) is 0 Å². The Labute approximate surface area is 179 Å². The first-order valence-electron chi connectivity index (χ1n) is 10.3. The Morgan fingerprint density at radius 1 is 1.07 bits per heavy atom. The van der Waals surface area contributed by atoms with Crippen LogP contribution in [-0.2, 0) is 10.0 Å². The number of hydrogen-bond donors (Lipinski definition) is 1. The second-order valence-corrected chi connectivity index (χ2v) is 9.79. The van der Waals surface area contributed by atoms with Crippen molar-refractivity contribution in [1.82, 2.24) is 4.90 Å². The molecule has 0 unspecified atom stereocenters. The van der Waals surface area contributed by atoms with Gasteiger partial charge in [0, 0.05) is 24.3 Å². The molecule has 6 nitrogen and oxygen atoms in total. The Bertz CT molecular complexity index is 994. The Kier molecular flexibility index (Phi) is 6.71. The van der Waals surface area contributed by atoms with E-state index in [9.17, 15) is 13.2 Å². The number of nitrogens with zero attached hydrogens (tertiary/aromatic N) is 1. The molecule has 0 radical (unpaired) electrons. The maximum absolute atomic E-state index is 13.0. The Morgan fingerprint density at radius 2 is 1.70 bits per heavy atom. The van der Waals surface area contributed by atoms with Crippen molar-refractivity contribution in [2.24, 2.45) is 5.92 Å². The minimum absolute atomic E-state index is 0.106. The maximum Gasteiger partial charge on any atom is 0.262 e. The van der Waals surface area contributed by atoms with Gasteiger partial charge in [-0.1, -0.05) is 13.0 Å². The number of ether oxygens (including phenoxy) is 1. The van der Waals surface area contributed by atoms with E-state index in [1.807, 2.05) is 7.05 Å². The molecule has 1 N–H and O–H groups in total. The smallest absolute Gasteiger partial charge is 0.262 e. The zero-order chi connectivity index (χ0) is 21.9. The lowest BCUT2D eigenvalue weighted by atomic mass is 9.86. The largest absolute Gasteiger partial charge is 0.497 e. The van der Waals surface area contributed by atoms with Gasteiger partial charge in [0.25, 0.3) is 15.9 Å². The molecule has 1 aliphatic rings. The van der Waals surface area contributed by atoms with E-state index in [0.29, 0.717) is 28.5 Å². The first-order valence-corrected chi connectivity index (χ1v) is 11.7. The molecule has 1 fully saturated rings. The van der Waals surface area contributed by atoms with Gasteiger partial charge in [-0.05, 0) is 80.5 Å². The number of rotatable bonds is 6. The van der Waals surface area contributed by atoms with E-state index in [2.05, 4.69) is 11.6 Å². The molecule has 0 atom stereocenters. The number of hydrogen-bond acceptors (Lipinski definition) is 4. The number of carbonyl (C=O) groups excluding carboxylic acids is 1. The summed E-state index contributed by atoms with van der Waals surface area (Å²) in [4.78, 5) is 14.9. The van der Waals surface area contributed by atoms with E-state index < -0.39 is 10.0 Å². The molecule has 2 aromatic rings. The van der Waals surface area contributed by atoms with Gasteiger partial charge in [0.1, 0.15) is 5.75 Å². The number of carbonyl (C=O) groups is 1. The first-order chi connectivity index (χ1) is 14.2. The molecule has 1 aliphatic carbocycles. The van der Waals surface area contributed by atoms with Gasteiger partial charge >= 0.3 is 0 Å². The van der Waals surface area contributed by atoms with Gasteiger partial charge in [-0.3, -0.25) is 9.52 Å². The molecule has 1 amide bonds. The minimum atomic E-state index is -3.84. The van der Waals surface area contributed by atoms with Gasteiger partial charge in [-0.2, -0.15) is 0 Å². The monoisotopic (exact) mass is 430 g/mol. The van der Waals surface area contributed by atoms with Gasteiger partial charge in [-0.15, -0.1) is 0 Å². The summed E-state index contributed by atoms with van der Waals surface area (Å²) < 4.78 is 33.7. The summed E-state index contributed by atoms with van der Waals surface area (Å²) in [6.07, 6.45) is 4.20. The molecule has 1 saturated carbocycles. The summed E-state index contributed by atoms with van der Waals surface area (Å²) >= 11 is 0. The highest BCUT2D eigenvalue weighted by molar-refractivity contribution is 7.92. The molecule has 0 bridgehead atoms. The van der Waals surface area contributed by atoms with E-state index in [1.165, 1.54) is 6.07 Å². The number of benzene rings is 2. The molecule has 0 aliphatic heterocycles. The lowest BCUT2D eigenvalue weighted by molar-refractivity contribution is 0.0679. The lowest BCUT2D eigenvalue weighted by Gasteiger charge is -2.33. The van der Waals surface area contributed by atoms with Crippen molar-refractivity contribution in [3.63, 3.8) is 0 Å². The minimum Gasteiger partial charge on any atom is -0.497 e. The third-order valence-electron chi connectivity index (χ3n) is 5.92. The molecular weight excluding hydrogens is 400 g/mol. The Balaban J connectivity index is 1.82. The van der Waals surface area contributed by atoms with Crippen LogP contribution in [0.1, 0.15) is 48.5 Å². The highest BCUT2D eigenvalue weighted by Crippen LogP contribution is 2.28. The predicted molar refractivity (Wildman–Crippen MR) is 118 cm³/mol. The van der Waals surface area contributed by atoms with Crippen LogP contribution in [0.15, 0.2) is 47.4 Å². The maximum atomic E-state index is 13.0. The number of amides is 1. The molecule has 0 saturated heterocycles. The molecule has 3 rings (SSSR count). The summed E-state index contributed by atoms with van der Waals surface area (Å²) in [6, 6.07) is 11.7. The first kappa shape index (κ1) is 22.2. The number of anilines is 1.